The summed E-state index contributed by atoms with van der Waals surface area (Å²) in [5.41, 5.74) is 0.995. The maximum atomic E-state index is 12.2. The molecule has 0 spiro atoms. The van der Waals surface area contributed by atoms with Crippen LogP contribution in [0.5, 0.6) is 0 Å². The molecule has 0 aliphatic heterocycles. The van der Waals surface area contributed by atoms with E-state index in [-0.39, 0.29) is 17.2 Å². The second-order valence-corrected chi connectivity index (χ2v) is 5.48. The number of likely N-dealkylation sites (N-methyl/N-ethyl adjacent to an activating group) is 1. The van der Waals surface area contributed by atoms with Crippen LogP contribution in [0.1, 0.15) is 29.9 Å². The van der Waals surface area contributed by atoms with Crippen molar-refractivity contribution >= 4 is 5.91 Å². The minimum atomic E-state index is -0.260. The number of rotatable bonds is 8. The van der Waals surface area contributed by atoms with Gasteiger partial charge in [-0.1, -0.05) is 44.2 Å². The molecule has 6 heteroatoms. The van der Waals surface area contributed by atoms with Gasteiger partial charge in [0.25, 0.3) is 11.5 Å². The minimum absolute atomic E-state index is 0.224. The van der Waals surface area contributed by atoms with E-state index in [1.807, 2.05) is 30.3 Å². The van der Waals surface area contributed by atoms with E-state index in [9.17, 15) is 9.59 Å². The first kappa shape index (κ1) is 17.9. The van der Waals surface area contributed by atoms with Crippen LogP contribution >= 0.6 is 0 Å². The molecule has 6 nitrogen and oxygen atoms in total. The summed E-state index contributed by atoms with van der Waals surface area (Å²) in [7, 11) is 0. The van der Waals surface area contributed by atoms with E-state index in [0.29, 0.717) is 13.1 Å². The van der Waals surface area contributed by atoms with Crippen LogP contribution in [0.3, 0.4) is 0 Å². The zero-order chi connectivity index (χ0) is 17.4. The summed E-state index contributed by atoms with van der Waals surface area (Å²) in [6.45, 7) is 7.78. The molecule has 1 heterocycles. The van der Waals surface area contributed by atoms with Gasteiger partial charge in [-0.15, -0.1) is 0 Å². The van der Waals surface area contributed by atoms with Crippen molar-refractivity contribution in [2.24, 2.45) is 0 Å². The van der Waals surface area contributed by atoms with Gasteiger partial charge in [0, 0.05) is 19.2 Å². The lowest BCUT2D eigenvalue weighted by Gasteiger charge is -2.17. The fourth-order valence-corrected chi connectivity index (χ4v) is 2.40. The monoisotopic (exact) mass is 328 g/mol. The molecule has 0 atom stereocenters. The van der Waals surface area contributed by atoms with Crippen molar-refractivity contribution in [3.05, 3.63) is 64.1 Å². The third-order valence-corrected chi connectivity index (χ3v) is 3.88. The summed E-state index contributed by atoms with van der Waals surface area (Å²) >= 11 is 0. The van der Waals surface area contributed by atoms with Gasteiger partial charge in [0.05, 0.1) is 6.54 Å². The second kappa shape index (κ2) is 8.98. The lowest BCUT2D eigenvalue weighted by atomic mass is 10.2. The van der Waals surface area contributed by atoms with E-state index in [0.717, 1.165) is 25.2 Å². The van der Waals surface area contributed by atoms with E-state index < -0.39 is 0 Å². The third-order valence-electron chi connectivity index (χ3n) is 3.88. The Balaban J connectivity index is 2.02. The molecule has 128 valence electrons. The number of aromatic nitrogens is 2. The Hall–Kier alpha value is -2.47. The topological polar surface area (TPSA) is 67.2 Å². The summed E-state index contributed by atoms with van der Waals surface area (Å²) in [4.78, 5) is 26.4. The number of amides is 1. The molecule has 1 aromatic carbocycles. The summed E-state index contributed by atoms with van der Waals surface area (Å²) in [5.74, 6) is -0.260. The highest BCUT2D eigenvalue weighted by molar-refractivity contribution is 5.91. The van der Waals surface area contributed by atoms with Crippen molar-refractivity contribution in [2.75, 3.05) is 26.2 Å². The molecule has 2 aromatic rings. The molecule has 0 aliphatic carbocycles. The zero-order valence-corrected chi connectivity index (χ0v) is 14.2. The largest absolute Gasteiger partial charge is 0.349 e. The molecule has 0 bridgehead atoms. The van der Waals surface area contributed by atoms with Gasteiger partial charge in [-0.05, 0) is 24.7 Å². The molecule has 0 aliphatic rings. The van der Waals surface area contributed by atoms with Crippen LogP contribution in [-0.2, 0) is 6.54 Å². The number of hydrogen-bond acceptors (Lipinski definition) is 4. The van der Waals surface area contributed by atoms with Crippen LogP contribution in [0.15, 0.2) is 47.3 Å². The smallest absolute Gasteiger partial charge is 0.271 e. The summed E-state index contributed by atoms with van der Waals surface area (Å²) in [6.07, 6.45) is 0. The van der Waals surface area contributed by atoms with E-state index in [1.165, 1.54) is 16.8 Å². The number of nitrogens with zero attached hydrogens (tertiary/aromatic N) is 3. The average molecular weight is 328 g/mol. The van der Waals surface area contributed by atoms with Crippen molar-refractivity contribution in [1.29, 1.82) is 0 Å². The molecule has 0 fully saturated rings. The molecular formula is C18H24N4O2. The van der Waals surface area contributed by atoms with Gasteiger partial charge in [0.15, 0.2) is 0 Å². The number of nitrogens with one attached hydrogen (secondary N) is 1. The maximum absolute atomic E-state index is 12.2. The van der Waals surface area contributed by atoms with Gasteiger partial charge in [-0.2, -0.15) is 5.10 Å². The van der Waals surface area contributed by atoms with E-state index in [1.54, 1.807) is 0 Å². The first-order chi connectivity index (χ1) is 11.6. The summed E-state index contributed by atoms with van der Waals surface area (Å²) in [6, 6.07) is 12.4. The fraction of sp³-hybridized carbons (Fsp3) is 0.389. The number of carbonyl (C=O) groups excluding carboxylic acids is 1. The first-order valence-electron chi connectivity index (χ1n) is 8.26. The quantitative estimate of drug-likeness (QED) is 0.795. The van der Waals surface area contributed by atoms with E-state index in [2.05, 4.69) is 29.2 Å². The zero-order valence-electron chi connectivity index (χ0n) is 14.2. The minimum Gasteiger partial charge on any atom is -0.349 e. The van der Waals surface area contributed by atoms with Gasteiger partial charge in [0.1, 0.15) is 5.69 Å². The highest BCUT2D eigenvalue weighted by atomic mass is 16.2. The molecule has 0 saturated heterocycles. The van der Waals surface area contributed by atoms with Crippen LogP contribution in [-0.4, -0.2) is 46.8 Å². The molecule has 0 radical (unpaired) electrons. The van der Waals surface area contributed by atoms with Gasteiger partial charge in [-0.25, -0.2) is 4.68 Å². The number of carbonyl (C=O) groups is 1. The van der Waals surface area contributed by atoms with Gasteiger partial charge >= 0.3 is 0 Å². The molecule has 1 aromatic heterocycles. The van der Waals surface area contributed by atoms with Crippen molar-refractivity contribution in [3.63, 3.8) is 0 Å². The van der Waals surface area contributed by atoms with Crippen molar-refractivity contribution < 1.29 is 4.79 Å². The van der Waals surface area contributed by atoms with Crippen LogP contribution < -0.4 is 10.9 Å². The third kappa shape index (κ3) is 5.03. The van der Waals surface area contributed by atoms with Gasteiger partial charge in [0.2, 0.25) is 0 Å². The van der Waals surface area contributed by atoms with E-state index >= 15 is 0 Å². The predicted molar refractivity (Wildman–Crippen MR) is 94.2 cm³/mol. The normalized spacial score (nSPS) is 10.8. The Bertz CT molecular complexity index is 708. The lowest BCUT2D eigenvalue weighted by molar-refractivity contribution is 0.0941. The molecular weight excluding hydrogens is 304 g/mol. The van der Waals surface area contributed by atoms with Crippen LogP contribution in [0, 0.1) is 0 Å². The fourth-order valence-electron chi connectivity index (χ4n) is 2.40. The molecule has 2 rings (SSSR count). The van der Waals surface area contributed by atoms with Crippen molar-refractivity contribution in [2.45, 2.75) is 20.4 Å². The molecule has 1 N–H and O–H groups in total. The Morgan fingerprint density at radius 1 is 1.12 bits per heavy atom. The highest BCUT2D eigenvalue weighted by Crippen LogP contribution is 2.00. The highest BCUT2D eigenvalue weighted by Gasteiger charge is 2.10. The molecule has 0 unspecified atom stereocenters. The second-order valence-electron chi connectivity index (χ2n) is 5.48. The first-order valence-corrected chi connectivity index (χ1v) is 8.26. The number of benzene rings is 1. The van der Waals surface area contributed by atoms with Crippen molar-refractivity contribution in [1.82, 2.24) is 20.0 Å². The van der Waals surface area contributed by atoms with Gasteiger partial charge < -0.3 is 10.2 Å². The lowest BCUT2D eigenvalue weighted by Crippen LogP contribution is -2.36. The van der Waals surface area contributed by atoms with Crippen LogP contribution in [0.4, 0.5) is 0 Å². The molecule has 1 amide bonds. The Labute approximate surface area is 142 Å². The predicted octanol–water partition coefficient (Wildman–Crippen LogP) is 1.36. The maximum Gasteiger partial charge on any atom is 0.271 e. The van der Waals surface area contributed by atoms with Crippen molar-refractivity contribution in [3.8, 4) is 0 Å². The molecule has 0 saturated carbocycles. The van der Waals surface area contributed by atoms with Crippen LogP contribution in [0.2, 0.25) is 0 Å². The Morgan fingerprint density at radius 3 is 2.50 bits per heavy atom. The molecule has 24 heavy (non-hydrogen) atoms. The van der Waals surface area contributed by atoms with Crippen LogP contribution in [0.25, 0.3) is 0 Å². The summed E-state index contributed by atoms with van der Waals surface area (Å²) in [5, 5.41) is 7.03. The number of hydrogen-bond donors (Lipinski definition) is 1. The SMILES string of the molecule is CCN(CC)CCNC(=O)c1ccc(=O)n(Cc2ccccc2)n1. The standard InChI is InChI=1S/C18H24N4O2/c1-3-21(4-2)13-12-19-18(24)16-10-11-17(23)22(20-16)14-15-8-6-5-7-9-15/h5-11H,3-4,12-14H2,1-2H3,(H,19,24). The van der Waals surface area contributed by atoms with Gasteiger partial charge in [-0.3, -0.25) is 9.59 Å². The average Bonchev–Trinajstić information content (AvgIpc) is 2.61. The Kier molecular flexibility index (Phi) is 6.69. The summed E-state index contributed by atoms with van der Waals surface area (Å²) < 4.78 is 1.31. The Morgan fingerprint density at radius 2 is 1.83 bits per heavy atom. The van der Waals surface area contributed by atoms with E-state index in [4.69, 9.17) is 0 Å².